The van der Waals surface area contributed by atoms with Gasteiger partial charge in [-0.1, -0.05) is 24.3 Å². The molecule has 0 bridgehead atoms. The van der Waals surface area contributed by atoms with Gasteiger partial charge < -0.3 is 9.32 Å². The first kappa shape index (κ1) is 20.9. The third-order valence-corrected chi connectivity index (χ3v) is 5.80. The largest absolute Gasteiger partial charge is 0.442 e. The quantitative estimate of drug-likeness (QED) is 0.430. The van der Waals surface area contributed by atoms with Crippen LogP contribution < -0.4 is 4.90 Å². The highest BCUT2D eigenvalue weighted by molar-refractivity contribution is 6.06. The minimum absolute atomic E-state index is 0.111. The summed E-state index contributed by atoms with van der Waals surface area (Å²) >= 11 is 0. The lowest BCUT2D eigenvalue weighted by Crippen LogP contribution is -2.30. The topological polar surface area (TPSA) is 64.2 Å². The number of fused-ring (bicyclic) bond motifs is 1. The molecule has 0 spiro atoms. The average Bonchev–Trinajstić information content (AvgIpc) is 3.39. The summed E-state index contributed by atoms with van der Waals surface area (Å²) in [5, 5.41) is 4.26. The summed E-state index contributed by atoms with van der Waals surface area (Å²) in [4.78, 5) is 19.5. The van der Waals surface area contributed by atoms with E-state index in [1.165, 1.54) is 6.07 Å². The van der Waals surface area contributed by atoms with Crippen LogP contribution in [-0.4, -0.2) is 20.7 Å². The van der Waals surface area contributed by atoms with Gasteiger partial charge in [-0.05, 0) is 54.3 Å². The minimum Gasteiger partial charge on any atom is -0.442 e. The van der Waals surface area contributed by atoms with Crippen LogP contribution in [0.2, 0.25) is 0 Å². The van der Waals surface area contributed by atoms with Gasteiger partial charge in [-0.25, -0.2) is 9.37 Å². The van der Waals surface area contributed by atoms with Crippen LogP contribution in [0.3, 0.4) is 0 Å². The number of aromatic nitrogens is 3. The summed E-state index contributed by atoms with van der Waals surface area (Å²) in [7, 11) is 1.86. The second-order valence-electron chi connectivity index (χ2n) is 8.36. The predicted molar refractivity (Wildman–Crippen MR) is 125 cm³/mol. The van der Waals surface area contributed by atoms with Gasteiger partial charge in [-0.15, -0.1) is 0 Å². The molecule has 0 saturated heterocycles. The number of hydrogen-bond acceptors (Lipinski definition) is 4. The summed E-state index contributed by atoms with van der Waals surface area (Å²) in [5.74, 6) is 0.724. The van der Waals surface area contributed by atoms with Crippen molar-refractivity contribution < 1.29 is 13.6 Å². The van der Waals surface area contributed by atoms with Crippen molar-refractivity contribution >= 4 is 23.2 Å². The maximum atomic E-state index is 14.2. The number of amides is 1. The van der Waals surface area contributed by atoms with E-state index < -0.39 is 0 Å². The third kappa shape index (κ3) is 4.09. The lowest BCUT2D eigenvalue weighted by Gasteiger charge is -2.24. The van der Waals surface area contributed by atoms with Gasteiger partial charge in [0.15, 0.2) is 0 Å². The Hall–Kier alpha value is -4.00. The molecule has 0 N–H and O–H groups in total. The molecule has 0 unspecified atom stereocenters. The van der Waals surface area contributed by atoms with E-state index in [1.807, 2.05) is 50.5 Å². The van der Waals surface area contributed by atoms with Gasteiger partial charge >= 0.3 is 0 Å². The molecule has 1 amide bonds. The number of carbonyl (C=O) groups excluding carboxylic acids is 1. The Labute approximate surface area is 191 Å². The van der Waals surface area contributed by atoms with Gasteiger partial charge in [0.1, 0.15) is 11.6 Å². The third-order valence-electron chi connectivity index (χ3n) is 5.80. The molecule has 5 rings (SSSR count). The highest BCUT2D eigenvalue weighted by atomic mass is 19.1. The highest BCUT2D eigenvalue weighted by Gasteiger charge is 2.26. The van der Waals surface area contributed by atoms with Gasteiger partial charge in [0.2, 0.25) is 11.8 Å². The second-order valence-corrected chi connectivity index (χ2v) is 8.36. The van der Waals surface area contributed by atoms with Gasteiger partial charge in [0.05, 0.1) is 31.0 Å². The summed E-state index contributed by atoms with van der Waals surface area (Å²) in [6, 6.07) is 11.0. The van der Waals surface area contributed by atoms with E-state index in [1.54, 1.807) is 35.0 Å². The number of anilines is 1. The smallest absolute Gasteiger partial charge is 0.231 e. The van der Waals surface area contributed by atoms with E-state index in [2.05, 4.69) is 10.1 Å². The highest BCUT2D eigenvalue weighted by Crippen LogP contribution is 2.36. The van der Waals surface area contributed by atoms with Crippen molar-refractivity contribution in [2.24, 2.45) is 7.05 Å². The first-order valence-corrected chi connectivity index (χ1v) is 10.7. The Morgan fingerprint density at radius 1 is 1.09 bits per heavy atom. The zero-order valence-corrected chi connectivity index (χ0v) is 18.7. The molecular weight excluding hydrogens is 419 g/mol. The van der Waals surface area contributed by atoms with Crippen LogP contribution in [0.5, 0.6) is 0 Å². The average molecular weight is 442 g/mol. The standard InChI is InChI=1S/C26H23FN4O2/c1-16-4-5-18(8-23(16)27)14-31-24-10-19(22-13-29-30(3)15-22)6-7-20(24)9-21(11-25(31)32)26-28-12-17(2)33-26/h4-10,12-13,15H,11,14H2,1-3H3. The molecule has 0 saturated carbocycles. The first-order chi connectivity index (χ1) is 15.9. The molecule has 6 nitrogen and oxygen atoms in total. The molecule has 0 radical (unpaired) electrons. The van der Waals surface area contributed by atoms with E-state index >= 15 is 0 Å². The predicted octanol–water partition coefficient (Wildman–Crippen LogP) is 5.31. The van der Waals surface area contributed by atoms with Crippen molar-refractivity contribution in [3.63, 3.8) is 0 Å². The van der Waals surface area contributed by atoms with Crippen LogP contribution >= 0.6 is 0 Å². The fraction of sp³-hybridized carbons (Fsp3) is 0.192. The monoisotopic (exact) mass is 442 g/mol. The Balaban J connectivity index is 1.62. The minimum atomic E-state index is -0.284. The number of nitrogens with zero attached hydrogens (tertiary/aromatic N) is 4. The van der Waals surface area contributed by atoms with Crippen LogP contribution in [0.15, 0.2) is 59.4 Å². The fourth-order valence-electron chi connectivity index (χ4n) is 4.01. The molecular formula is C26H23FN4O2. The molecule has 4 aromatic rings. The zero-order chi connectivity index (χ0) is 23.1. The Morgan fingerprint density at radius 3 is 2.64 bits per heavy atom. The second kappa shape index (κ2) is 8.16. The van der Waals surface area contributed by atoms with Crippen molar-refractivity contribution in [3.05, 3.63) is 89.1 Å². The maximum Gasteiger partial charge on any atom is 0.231 e. The molecule has 3 heterocycles. The molecule has 0 aliphatic carbocycles. The van der Waals surface area contributed by atoms with E-state index in [4.69, 9.17) is 4.42 Å². The van der Waals surface area contributed by atoms with E-state index in [0.717, 1.165) is 27.9 Å². The van der Waals surface area contributed by atoms with Crippen LogP contribution in [0.4, 0.5) is 10.1 Å². The SMILES string of the molecule is Cc1cnc(C2=Cc3ccc(-c4cnn(C)c4)cc3N(Cc3ccc(C)c(F)c3)C(=O)C2)o1. The number of carbonyl (C=O) groups is 1. The first-order valence-electron chi connectivity index (χ1n) is 10.7. The van der Waals surface area contributed by atoms with Gasteiger partial charge in [0.25, 0.3) is 0 Å². The molecule has 1 aliphatic heterocycles. The molecule has 7 heteroatoms. The Morgan fingerprint density at radius 2 is 1.94 bits per heavy atom. The normalized spacial score (nSPS) is 13.6. The zero-order valence-electron chi connectivity index (χ0n) is 18.7. The van der Waals surface area contributed by atoms with E-state index in [9.17, 15) is 9.18 Å². The van der Waals surface area contributed by atoms with Crippen LogP contribution in [0.1, 0.15) is 34.8 Å². The molecule has 0 atom stereocenters. The lowest BCUT2D eigenvalue weighted by molar-refractivity contribution is -0.117. The van der Waals surface area contributed by atoms with Crippen molar-refractivity contribution in [3.8, 4) is 11.1 Å². The van der Waals surface area contributed by atoms with Crippen molar-refractivity contribution in [2.75, 3.05) is 4.90 Å². The van der Waals surface area contributed by atoms with Crippen LogP contribution in [0.25, 0.3) is 22.8 Å². The van der Waals surface area contributed by atoms with Gasteiger partial charge in [-0.3, -0.25) is 9.48 Å². The summed E-state index contributed by atoms with van der Waals surface area (Å²) in [5.41, 5.74) is 5.51. The summed E-state index contributed by atoms with van der Waals surface area (Å²) in [6.45, 7) is 3.80. The lowest BCUT2D eigenvalue weighted by atomic mass is 10.0. The van der Waals surface area contributed by atoms with Gasteiger partial charge in [-0.2, -0.15) is 5.10 Å². The summed E-state index contributed by atoms with van der Waals surface area (Å²) < 4.78 is 21.7. The Kier molecular flexibility index (Phi) is 5.17. The van der Waals surface area contributed by atoms with E-state index in [-0.39, 0.29) is 24.7 Å². The Bertz CT molecular complexity index is 1400. The molecule has 33 heavy (non-hydrogen) atoms. The molecule has 2 aromatic carbocycles. The van der Waals surface area contributed by atoms with Gasteiger partial charge in [0, 0.05) is 24.4 Å². The van der Waals surface area contributed by atoms with Crippen molar-refractivity contribution in [1.29, 1.82) is 0 Å². The van der Waals surface area contributed by atoms with Crippen molar-refractivity contribution in [1.82, 2.24) is 14.8 Å². The number of oxazole rings is 1. The van der Waals surface area contributed by atoms with Crippen LogP contribution in [0, 0.1) is 19.7 Å². The molecule has 2 aromatic heterocycles. The maximum absolute atomic E-state index is 14.2. The number of rotatable bonds is 4. The number of aryl methyl sites for hydroxylation is 3. The molecule has 166 valence electrons. The number of hydrogen-bond donors (Lipinski definition) is 0. The van der Waals surface area contributed by atoms with Crippen LogP contribution in [-0.2, 0) is 18.4 Å². The fourth-order valence-corrected chi connectivity index (χ4v) is 4.01. The molecule has 0 fully saturated rings. The number of benzene rings is 2. The number of halogens is 1. The van der Waals surface area contributed by atoms with E-state index in [0.29, 0.717) is 22.8 Å². The molecule has 1 aliphatic rings. The van der Waals surface area contributed by atoms with Crippen molar-refractivity contribution in [2.45, 2.75) is 26.8 Å². The summed E-state index contributed by atoms with van der Waals surface area (Å²) in [6.07, 6.45) is 7.44.